The SMILES string of the molecule is COc1ccc(OC)c(C(N)CC2(OC)CCC2)c1. The largest absolute Gasteiger partial charge is 0.497 e. The molecular weight excluding hydrogens is 242 g/mol. The van der Waals surface area contributed by atoms with Gasteiger partial charge in [-0.2, -0.15) is 0 Å². The minimum absolute atomic E-state index is 0.0481. The molecule has 0 aromatic heterocycles. The quantitative estimate of drug-likeness (QED) is 0.859. The van der Waals surface area contributed by atoms with Gasteiger partial charge in [0.2, 0.25) is 0 Å². The fraction of sp³-hybridized carbons (Fsp3) is 0.600. The molecule has 2 rings (SSSR count). The first-order chi connectivity index (χ1) is 9.14. The smallest absolute Gasteiger partial charge is 0.123 e. The Hall–Kier alpha value is -1.26. The molecule has 1 atom stereocenters. The van der Waals surface area contributed by atoms with Crippen LogP contribution in [0.4, 0.5) is 0 Å². The molecule has 0 aliphatic heterocycles. The summed E-state index contributed by atoms with van der Waals surface area (Å²) in [5.74, 6) is 1.60. The summed E-state index contributed by atoms with van der Waals surface area (Å²) in [6.07, 6.45) is 4.20. The van der Waals surface area contributed by atoms with Gasteiger partial charge in [0.25, 0.3) is 0 Å². The number of benzene rings is 1. The highest BCUT2D eigenvalue weighted by molar-refractivity contribution is 5.42. The topological polar surface area (TPSA) is 53.7 Å². The van der Waals surface area contributed by atoms with Gasteiger partial charge in [0.05, 0.1) is 19.8 Å². The van der Waals surface area contributed by atoms with Gasteiger partial charge in [0.1, 0.15) is 11.5 Å². The molecule has 1 saturated carbocycles. The van der Waals surface area contributed by atoms with Crippen molar-refractivity contribution >= 4 is 0 Å². The predicted molar refractivity (Wildman–Crippen MR) is 74.7 cm³/mol. The van der Waals surface area contributed by atoms with Gasteiger partial charge in [-0.05, 0) is 43.9 Å². The monoisotopic (exact) mass is 265 g/mol. The Morgan fingerprint density at radius 3 is 2.42 bits per heavy atom. The Morgan fingerprint density at radius 2 is 1.95 bits per heavy atom. The second-order valence-electron chi connectivity index (χ2n) is 5.16. The Kier molecular flexibility index (Phi) is 4.32. The number of ether oxygens (including phenoxy) is 3. The molecule has 4 nitrogen and oxygen atoms in total. The van der Waals surface area contributed by atoms with Gasteiger partial charge in [-0.25, -0.2) is 0 Å². The third kappa shape index (κ3) is 2.85. The van der Waals surface area contributed by atoms with Crippen LogP contribution >= 0.6 is 0 Å². The van der Waals surface area contributed by atoms with Gasteiger partial charge in [-0.1, -0.05) is 0 Å². The minimum Gasteiger partial charge on any atom is -0.497 e. The Morgan fingerprint density at radius 1 is 1.21 bits per heavy atom. The molecule has 2 N–H and O–H groups in total. The predicted octanol–water partition coefficient (Wildman–Crippen LogP) is 2.66. The van der Waals surface area contributed by atoms with Gasteiger partial charge in [0.15, 0.2) is 0 Å². The Labute approximate surface area is 114 Å². The summed E-state index contributed by atoms with van der Waals surface area (Å²) >= 11 is 0. The van der Waals surface area contributed by atoms with E-state index >= 15 is 0 Å². The number of hydrogen-bond acceptors (Lipinski definition) is 4. The maximum atomic E-state index is 6.35. The highest BCUT2D eigenvalue weighted by Gasteiger charge is 2.39. The third-order valence-electron chi connectivity index (χ3n) is 4.13. The van der Waals surface area contributed by atoms with E-state index in [1.165, 1.54) is 6.42 Å². The number of hydrogen-bond donors (Lipinski definition) is 1. The molecule has 0 bridgehead atoms. The van der Waals surface area contributed by atoms with Crippen LogP contribution in [0.15, 0.2) is 18.2 Å². The van der Waals surface area contributed by atoms with Gasteiger partial charge < -0.3 is 19.9 Å². The van der Waals surface area contributed by atoms with Crippen LogP contribution in [-0.2, 0) is 4.74 Å². The van der Waals surface area contributed by atoms with Crippen molar-refractivity contribution in [3.05, 3.63) is 23.8 Å². The zero-order valence-corrected chi connectivity index (χ0v) is 11.9. The summed E-state index contributed by atoms with van der Waals surface area (Å²) in [7, 11) is 5.09. The van der Waals surface area contributed by atoms with Crippen molar-refractivity contribution in [2.45, 2.75) is 37.3 Å². The van der Waals surface area contributed by atoms with Crippen LogP contribution in [0.3, 0.4) is 0 Å². The number of methoxy groups -OCH3 is 3. The molecular formula is C15H23NO3. The van der Waals surface area contributed by atoms with E-state index in [2.05, 4.69) is 0 Å². The van der Waals surface area contributed by atoms with Crippen molar-refractivity contribution in [3.63, 3.8) is 0 Å². The van der Waals surface area contributed by atoms with Gasteiger partial charge in [-0.3, -0.25) is 0 Å². The minimum atomic E-state index is -0.106. The molecule has 1 fully saturated rings. The first-order valence-corrected chi connectivity index (χ1v) is 6.67. The average Bonchev–Trinajstić information content (AvgIpc) is 2.41. The lowest BCUT2D eigenvalue weighted by molar-refractivity contribution is -0.0817. The molecule has 1 aromatic carbocycles. The second kappa shape index (κ2) is 5.80. The average molecular weight is 265 g/mol. The van der Waals surface area contributed by atoms with Gasteiger partial charge in [-0.15, -0.1) is 0 Å². The lowest BCUT2D eigenvalue weighted by Gasteiger charge is -2.42. The van der Waals surface area contributed by atoms with E-state index in [0.717, 1.165) is 36.3 Å². The fourth-order valence-corrected chi connectivity index (χ4v) is 2.70. The summed E-state index contributed by atoms with van der Waals surface area (Å²) in [6.45, 7) is 0. The molecule has 0 saturated heterocycles. The molecule has 19 heavy (non-hydrogen) atoms. The first kappa shape index (κ1) is 14.2. The highest BCUT2D eigenvalue weighted by atomic mass is 16.5. The number of nitrogens with two attached hydrogens (primary N) is 1. The lowest BCUT2D eigenvalue weighted by atomic mass is 9.75. The van der Waals surface area contributed by atoms with Crippen LogP contribution in [-0.4, -0.2) is 26.9 Å². The molecule has 0 amide bonds. The van der Waals surface area contributed by atoms with Crippen molar-refractivity contribution < 1.29 is 14.2 Å². The molecule has 4 heteroatoms. The zero-order chi connectivity index (χ0) is 13.9. The lowest BCUT2D eigenvalue weighted by Crippen LogP contribution is -2.41. The molecule has 0 spiro atoms. The van der Waals surface area contributed by atoms with Crippen LogP contribution in [0.5, 0.6) is 11.5 Å². The molecule has 106 valence electrons. The van der Waals surface area contributed by atoms with E-state index in [4.69, 9.17) is 19.9 Å². The Bertz CT molecular complexity index is 424. The first-order valence-electron chi connectivity index (χ1n) is 6.67. The fourth-order valence-electron chi connectivity index (χ4n) is 2.70. The van der Waals surface area contributed by atoms with Crippen LogP contribution in [0, 0.1) is 0 Å². The van der Waals surface area contributed by atoms with Crippen molar-refractivity contribution in [1.29, 1.82) is 0 Å². The van der Waals surface area contributed by atoms with E-state index in [1.54, 1.807) is 21.3 Å². The van der Waals surface area contributed by atoms with Crippen LogP contribution in [0.2, 0.25) is 0 Å². The Balaban J connectivity index is 2.19. The normalized spacial score (nSPS) is 18.5. The van der Waals surface area contributed by atoms with Crippen molar-refractivity contribution in [2.24, 2.45) is 5.73 Å². The molecule has 0 heterocycles. The molecule has 1 aliphatic rings. The van der Waals surface area contributed by atoms with Crippen molar-refractivity contribution in [1.82, 2.24) is 0 Å². The molecule has 1 unspecified atom stereocenters. The third-order valence-corrected chi connectivity index (χ3v) is 4.13. The van der Waals surface area contributed by atoms with Crippen molar-refractivity contribution in [2.75, 3.05) is 21.3 Å². The van der Waals surface area contributed by atoms with Crippen molar-refractivity contribution in [3.8, 4) is 11.5 Å². The van der Waals surface area contributed by atoms with E-state index in [1.807, 2.05) is 18.2 Å². The summed E-state index contributed by atoms with van der Waals surface area (Å²) in [5, 5.41) is 0. The number of rotatable bonds is 6. The van der Waals surface area contributed by atoms with E-state index in [9.17, 15) is 0 Å². The maximum Gasteiger partial charge on any atom is 0.123 e. The van der Waals surface area contributed by atoms with Gasteiger partial charge >= 0.3 is 0 Å². The molecule has 1 aromatic rings. The zero-order valence-electron chi connectivity index (χ0n) is 11.9. The maximum absolute atomic E-state index is 6.35. The van der Waals surface area contributed by atoms with Crippen LogP contribution in [0.25, 0.3) is 0 Å². The van der Waals surface area contributed by atoms with E-state index in [-0.39, 0.29) is 11.6 Å². The molecule has 1 aliphatic carbocycles. The standard InChI is InChI=1S/C15H23NO3/c1-17-11-5-6-14(18-2)12(9-11)13(16)10-15(19-3)7-4-8-15/h5-6,9,13H,4,7-8,10,16H2,1-3H3. The second-order valence-corrected chi connectivity index (χ2v) is 5.16. The van der Waals surface area contributed by atoms with E-state index in [0.29, 0.717) is 0 Å². The summed E-state index contributed by atoms with van der Waals surface area (Å²) in [4.78, 5) is 0. The van der Waals surface area contributed by atoms with E-state index < -0.39 is 0 Å². The molecule has 0 radical (unpaired) electrons. The summed E-state index contributed by atoms with van der Waals surface area (Å²) in [5.41, 5.74) is 7.28. The van der Waals surface area contributed by atoms with Gasteiger partial charge in [0, 0.05) is 18.7 Å². The summed E-state index contributed by atoms with van der Waals surface area (Å²) < 4.78 is 16.3. The summed E-state index contributed by atoms with van der Waals surface area (Å²) in [6, 6.07) is 5.62. The van der Waals surface area contributed by atoms with Crippen LogP contribution in [0.1, 0.15) is 37.3 Å². The highest BCUT2D eigenvalue weighted by Crippen LogP contribution is 2.42. The van der Waals surface area contributed by atoms with Crippen LogP contribution < -0.4 is 15.2 Å².